The van der Waals surface area contributed by atoms with Crippen LogP contribution in [0.15, 0.2) is 58.0 Å². The van der Waals surface area contributed by atoms with Gasteiger partial charge in [0, 0.05) is 17.2 Å². The van der Waals surface area contributed by atoms with E-state index < -0.39 is 26.1 Å². The molecule has 1 aromatic heterocycles. The molecule has 0 saturated carbocycles. The van der Waals surface area contributed by atoms with Crippen molar-refractivity contribution in [2.75, 3.05) is 5.43 Å². The molecular formula is C17H10ClN5O7. The second-order valence-corrected chi connectivity index (χ2v) is 6.14. The maximum Gasteiger partial charge on any atom is 0.301 e. The van der Waals surface area contributed by atoms with Gasteiger partial charge in [-0.25, -0.2) is 0 Å². The Morgan fingerprint density at radius 3 is 2.30 bits per heavy atom. The van der Waals surface area contributed by atoms with Crippen molar-refractivity contribution in [2.45, 2.75) is 0 Å². The van der Waals surface area contributed by atoms with E-state index in [2.05, 4.69) is 10.5 Å². The Hall–Kier alpha value is -4.32. The largest absolute Gasteiger partial charge is 0.455 e. The van der Waals surface area contributed by atoms with Gasteiger partial charge in [-0.2, -0.15) is 5.10 Å². The Balaban J connectivity index is 1.82. The zero-order chi connectivity index (χ0) is 21.8. The topological polar surface area (TPSA) is 167 Å². The second-order valence-electron chi connectivity index (χ2n) is 5.71. The van der Waals surface area contributed by atoms with E-state index in [1.165, 1.54) is 36.5 Å². The van der Waals surface area contributed by atoms with Crippen LogP contribution >= 0.6 is 11.6 Å². The lowest BCUT2D eigenvalue weighted by atomic mass is 10.1. The highest BCUT2D eigenvalue weighted by atomic mass is 35.5. The van der Waals surface area contributed by atoms with Crippen molar-refractivity contribution in [1.82, 2.24) is 0 Å². The molecule has 0 aliphatic rings. The van der Waals surface area contributed by atoms with Crippen LogP contribution in [-0.4, -0.2) is 21.0 Å². The van der Waals surface area contributed by atoms with E-state index in [-0.39, 0.29) is 33.5 Å². The van der Waals surface area contributed by atoms with Crippen molar-refractivity contribution in [2.24, 2.45) is 5.10 Å². The van der Waals surface area contributed by atoms with Gasteiger partial charge < -0.3 is 4.42 Å². The van der Waals surface area contributed by atoms with E-state index >= 15 is 0 Å². The van der Waals surface area contributed by atoms with Gasteiger partial charge in [-0.3, -0.25) is 35.8 Å². The minimum Gasteiger partial charge on any atom is -0.455 e. The molecule has 0 aliphatic heterocycles. The molecule has 13 heteroatoms. The number of nitro benzene ring substituents is 3. The highest BCUT2D eigenvalue weighted by molar-refractivity contribution is 6.30. The van der Waals surface area contributed by atoms with Gasteiger partial charge in [0.25, 0.3) is 11.4 Å². The number of benzene rings is 2. The van der Waals surface area contributed by atoms with Crippen molar-refractivity contribution >= 4 is 40.6 Å². The first-order valence-electron chi connectivity index (χ1n) is 8.02. The third kappa shape index (κ3) is 4.39. The molecule has 152 valence electrons. The molecule has 0 saturated heterocycles. The molecule has 2 aromatic carbocycles. The Bertz CT molecular complexity index is 1190. The first-order valence-corrected chi connectivity index (χ1v) is 8.40. The molecule has 1 heterocycles. The van der Waals surface area contributed by atoms with Crippen LogP contribution in [0.1, 0.15) is 5.76 Å². The fraction of sp³-hybridized carbons (Fsp3) is 0. The summed E-state index contributed by atoms with van der Waals surface area (Å²) in [5, 5.41) is 37.1. The van der Waals surface area contributed by atoms with Crippen LogP contribution in [0.25, 0.3) is 11.3 Å². The smallest absolute Gasteiger partial charge is 0.301 e. The van der Waals surface area contributed by atoms with Crippen LogP contribution in [0.3, 0.4) is 0 Å². The summed E-state index contributed by atoms with van der Waals surface area (Å²) < 4.78 is 5.51. The summed E-state index contributed by atoms with van der Waals surface area (Å²) in [5.74, 6) is 0.396. The number of halogens is 1. The normalized spacial score (nSPS) is 10.8. The van der Waals surface area contributed by atoms with E-state index in [4.69, 9.17) is 16.0 Å². The molecule has 30 heavy (non-hydrogen) atoms. The Kier molecular flexibility index (Phi) is 5.69. The monoisotopic (exact) mass is 431 g/mol. The van der Waals surface area contributed by atoms with Crippen LogP contribution in [0, 0.1) is 30.3 Å². The Morgan fingerprint density at radius 1 is 0.900 bits per heavy atom. The predicted octanol–water partition coefficient (Wildman–Crippen LogP) is 4.77. The van der Waals surface area contributed by atoms with Crippen LogP contribution in [0.4, 0.5) is 22.7 Å². The van der Waals surface area contributed by atoms with Crippen LogP contribution < -0.4 is 5.43 Å². The molecule has 0 spiro atoms. The zero-order valence-corrected chi connectivity index (χ0v) is 15.5. The number of nitrogens with one attached hydrogen (secondary N) is 1. The van der Waals surface area contributed by atoms with Gasteiger partial charge in [0.15, 0.2) is 0 Å². The van der Waals surface area contributed by atoms with Crippen molar-refractivity contribution in [3.8, 4) is 11.3 Å². The lowest BCUT2D eigenvalue weighted by Gasteiger charge is -2.01. The van der Waals surface area contributed by atoms with Crippen LogP contribution in [0.5, 0.6) is 0 Å². The van der Waals surface area contributed by atoms with E-state index in [1.807, 2.05) is 0 Å². The van der Waals surface area contributed by atoms with Crippen molar-refractivity contribution in [1.29, 1.82) is 0 Å². The van der Waals surface area contributed by atoms with Gasteiger partial charge in [0.2, 0.25) is 0 Å². The maximum absolute atomic E-state index is 11.2. The van der Waals surface area contributed by atoms with Crippen molar-refractivity contribution < 1.29 is 19.2 Å². The van der Waals surface area contributed by atoms with Crippen LogP contribution in [0.2, 0.25) is 5.02 Å². The number of hydrogen-bond acceptors (Lipinski definition) is 9. The summed E-state index contributed by atoms with van der Waals surface area (Å²) in [6.45, 7) is 0. The summed E-state index contributed by atoms with van der Waals surface area (Å²) >= 11 is 5.79. The number of hydrogen-bond donors (Lipinski definition) is 1. The maximum atomic E-state index is 11.2. The summed E-state index contributed by atoms with van der Waals surface area (Å²) in [6, 6.07) is 10.2. The number of nitro groups is 3. The average molecular weight is 432 g/mol. The molecule has 3 aromatic rings. The summed E-state index contributed by atoms with van der Waals surface area (Å²) in [4.78, 5) is 31.0. The molecule has 1 N–H and O–H groups in total. The highest BCUT2D eigenvalue weighted by Crippen LogP contribution is 2.33. The fourth-order valence-electron chi connectivity index (χ4n) is 2.48. The number of anilines is 1. The SMILES string of the molecule is O=[N+]([O-])c1ccc(N/N=C\c2ccc(-c3ccc(Cl)cc3[N+](=O)[O-])o2)c([N+](=O)[O-])c1. The molecule has 3 rings (SSSR count). The molecule has 0 bridgehead atoms. The zero-order valence-electron chi connectivity index (χ0n) is 14.7. The molecule has 0 radical (unpaired) electrons. The van der Waals surface area contributed by atoms with Crippen molar-refractivity contribution in [3.63, 3.8) is 0 Å². The number of furan rings is 1. The first-order chi connectivity index (χ1) is 14.3. The quantitative estimate of drug-likeness (QED) is 0.317. The van der Waals surface area contributed by atoms with E-state index in [9.17, 15) is 30.3 Å². The van der Waals surface area contributed by atoms with Crippen molar-refractivity contribution in [3.05, 3.63) is 89.7 Å². The van der Waals surface area contributed by atoms with Crippen LogP contribution in [-0.2, 0) is 0 Å². The van der Waals surface area contributed by atoms with E-state index in [0.29, 0.717) is 0 Å². The standard InChI is InChI=1S/C17H10ClN5O7/c18-10-1-4-13(15(7-10)22(26)27)17-6-3-12(30-17)9-19-20-14-5-2-11(21(24)25)8-16(14)23(28)29/h1-9,20H/b19-9-. The Labute approximate surface area is 171 Å². The summed E-state index contributed by atoms with van der Waals surface area (Å²) in [6.07, 6.45) is 1.19. The minimum atomic E-state index is -0.782. The van der Waals surface area contributed by atoms with Gasteiger partial charge in [-0.1, -0.05) is 11.6 Å². The van der Waals surface area contributed by atoms with E-state index in [1.54, 1.807) is 0 Å². The number of non-ortho nitro benzene ring substituents is 1. The van der Waals surface area contributed by atoms with Gasteiger partial charge in [-0.05, 0) is 30.3 Å². The molecule has 0 amide bonds. The van der Waals surface area contributed by atoms with Gasteiger partial charge in [0.1, 0.15) is 17.2 Å². The highest BCUT2D eigenvalue weighted by Gasteiger charge is 2.20. The number of rotatable bonds is 7. The number of hydrazone groups is 1. The summed E-state index contributed by atoms with van der Waals surface area (Å²) in [7, 11) is 0. The average Bonchev–Trinajstić information content (AvgIpc) is 3.16. The van der Waals surface area contributed by atoms with Gasteiger partial charge in [-0.15, -0.1) is 0 Å². The number of nitrogens with zero attached hydrogens (tertiary/aromatic N) is 4. The molecule has 0 fully saturated rings. The Morgan fingerprint density at radius 2 is 1.63 bits per heavy atom. The molecule has 0 atom stereocenters. The first kappa shape index (κ1) is 20.4. The second kappa shape index (κ2) is 8.36. The van der Waals surface area contributed by atoms with Gasteiger partial charge >= 0.3 is 5.69 Å². The molecule has 0 unspecified atom stereocenters. The molecular weight excluding hydrogens is 422 g/mol. The predicted molar refractivity (Wildman–Crippen MR) is 107 cm³/mol. The summed E-state index contributed by atoms with van der Waals surface area (Å²) in [5.41, 5.74) is 1.36. The third-order valence-electron chi connectivity index (χ3n) is 3.81. The lowest BCUT2D eigenvalue weighted by molar-refractivity contribution is -0.393. The van der Waals surface area contributed by atoms with E-state index in [0.717, 1.165) is 18.2 Å². The molecule has 0 aliphatic carbocycles. The minimum absolute atomic E-state index is 0.0676. The molecule has 12 nitrogen and oxygen atoms in total. The third-order valence-corrected chi connectivity index (χ3v) is 4.05. The fourth-order valence-corrected chi connectivity index (χ4v) is 2.64. The lowest BCUT2D eigenvalue weighted by Crippen LogP contribution is -1.98. The van der Waals surface area contributed by atoms with Gasteiger partial charge in [0.05, 0.1) is 32.6 Å².